The van der Waals surface area contributed by atoms with Gasteiger partial charge in [0.25, 0.3) is 0 Å². The largest absolute Gasteiger partial charge is 0.310 e. The van der Waals surface area contributed by atoms with Gasteiger partial charge in [-0.3, -0.25) is 4.68 Å². The monoisotopic (exact) mass is 292 g/mol. The van der Waals surface area contributed by atoms with Crippen molar-refractivity contribution >= 4 is 0 Å². The molecular formula is C17H32N4. The average Bonchev–Trinajstić information content (AvgIpc) is 3.04. The molecule has 120 valence electrons. The molecule has 2 unspecified atom stereocenters. The lowest BCUT2D eigenvalue weighted by molar-refractivity contribution is 0.279. The van der Waals surface area contributed by atoms with E-state index < -0.39 is 0 Å². The van der Waals surface area contributed by atoms with Gasteiger partial charge < -0.3 is 10.2 Å². The predicted molar refractivity (Wildman–Crippen MR) is 88.6 cm³/mol. The van der Waals surface area contributed by atoms with Crippen molar-refractivity contribution in [2.24, 2.45) is 5.92 Å². The highest BCUT2D eigenvalue weighted by molar-refractivity contribution is 5.27. The van der Waals surface area contributed by atoms with Crippen LogP contribution in [0.5, 0.6) is 0 Å². The van der Waals surface area contributed by atoms with Crippen molar-refractivity contribution < 1.29 is 0 Å². The van der Waals surface area contributed by atoms with Crippen molar-refractivity contribution in [3.8, 4) is 0 Å². The van der Waals surface area contributed by atoms with Gasteiger partial charge in [-0.2, -0.15) is 5.10 Å². The Hall–Kier alpha value is -0.870. The van der Waals surface area contributed by atoms with Gasteiger partial charge in [-0.15, -0.1) is 0 Å². The quantitative estimate of drug-likeness (QED) is 0.839. The molecule has 0 bridgehead atoms. The topological polar surface area (TPSA) is 33.1 Å². The molecular weight excluding hydrogens is 260 g/mol. The van der Waals surface area contributed by atoms with E-state index in [1.54, 1.807) is 0 Å². The minimum Gasteiger partial charge on any atom is -0.310 e. The van der Waals surface area contributed by atoms with Gasteiger partial charge >= 0.3 is 0 Å². The molecule has 1 aromatic heterocycles. The zero-order valence-corrected chi connectivity index (χ0v) is 14.4. The highest BCUT2D eigenvalue weighted by Crippen LogP contribution is 2.21. The predicted octanol–water partition coefficient (Wildman–Crippen LogP) is 2.90. The summed E-state index contributed by atoms with van der Waals surface area (Å²) in [5.74, 6) is 0.701. The van der Waals surface area contributed by atoms with E-state index in [9.17, 15) is 0 Å². The molecule has 4 heteroatoms. The van der Waals surface area contributed by atoms with Crippen LogP contribution < -0.4 is 5.32 Å². The Balaban J connectivity index is 1.86. The van der Waals surface area contributed by atoms with Crippen LogP contribution in [0, 0.1) is 19.8 Å². The molecule has 1 fully saturated rings. The van der Waals surface area contributed by atoms with Crippen LogP contribution >= 0.6 is 0 Å². The van der Waals surface area contributed by atoms with Crippen molar-refractivity contribution in [3.05, 3.63) is 17.0 Å². The number of likely N-dealkylation sites (tertiary alicyclic amines) is 1. The first-order valence-corrected chi connectivity index (χ1v) is 8.52. The smallest absolute Gasteiger partial charge is 0.0644 e. The van der Waals surface area contributed by atoms with Crippen molar-refractivity contribution in [2.45, 2.75) is 60.0 Å². The summed E-state index contributed by atoms with van der Waals surface area (Å²) < 4.78 is 2.11. The first-order chi connectivity index (χ1) is 10.0. The van der Waals surface area contributed by atoms with Crippen LogP contribution in [0.1, 0.15) is 56.6 Å². The average molecular weight is 292 g/mol. The number of nitrogens with one attached hydrogen (secondary N) is 1. The van der Waals surface area contributed by atoms with E-state index in [2.05, 4.69) is 54.6 Å². The Bertz CT molecular complexity index is 446. The van der Waals surface area contributed by atoms with E-state index in [1.165, 1.54) is 49.4 Å². The molecule has 1 aliphatic heterocycles. The number of aromatic nitrogens is 2. The number of aryl methyl sites for hydroxylation is 2. The number of nitrogens with zero attached hydrogens (tertiary/aromatic N) is 3. The molecule has 1 N–H and O–H groups in total. The lowest BCUT2D eigenvalue weighted by Gasteiger charge is -2.23. The fraction of sp³-hybridized carbons (Fsp3) is 0.824. The number of rotatable bonds is 7. The maximum Gasteiger partial charge on any atom is 0.0644 e. The molecule has 0 radical (unpaired) electrons. The van der Waals surface area contributed by atoms with E-state index in [0.717, 1.165) is 13.1 Å². The molecule has 0 spiro atoms. The second-order valence-corrected chi connectivity index (χ2v) is 6.64. The SMILES string of the molecule is CCn1nc(C)c(C(C)NCC(C)CN2CCCC2)c1C. The highest BCUT2D eigenvalue weighted by atomic mass is 15.3. The van der Waals surface area contributed by atoms with Crippen molar-refractivity contribution in [3.63, 3.8) is 0 Å². The molecule has 4 nitrogen and oxygen atoms in total. The van der Waals surface area contributed by atoms with Gasteiger partial charge in [-0.1, -0.05) is 6.92 Å². The summed E-state index contributed by atoms with van der Waals surface area (Å²) in [7, 11) is 0. The lowest BCUT2D eigenvalue weighted by Crippen LogP contribution is -2.33. The summed E-state index contributed by atoms with van der Waals surface area (Å²) in [6, 6.07) is 0.381. The molecule has 1 saturated heterocycles. The molecule has 0 aromatic carbocycles. The van der Waals surface area contributed by atoms with Crippen LogP contribution in [-0.4, -0.2) is 40.9 Å². The van der Waals surface area contributed by atoms with Gasteiger partial charge in [0.2, 0.25) is 0 Å². The molecule has 1 aromatic rings. The third-order valence-corrected chi connectivity index (χ3v) is 4.71. The maximum absolute atomic E-state index is 4.63. The normalized spacial score (nSPS) is 19.1. The van der Waals surface area contributed by atoms with Crippen LogP contribution in [0.3, 0.4) is 0 Å². The Morgan fingerprint density at radius 3 is 2.43 bits per heavy atom. The molecule has 1 aliphatic rings. The molecule has 0 aliphatic carbocycles. The Labute approximate surface area is 129 Å². The number of hydrogen-bond donors (Lipinski definition) is 1. The summed E-state index contributed by atoms with van der Waals surface area (Å²) in [6.07, 6.45) is 2.76. The fourth-order valence-electron chi connectivity index (χ4n) is 3.60. The minimum atomic E-state index is 0.381. The molecule has 2 heterocycles. The summed E-state index contributed by atoms with van der Waals surface area (Å²) >= 11 is 0. The number of hydrogen-bond acceptors (Lipinski definition) is 3. The highest BCUT2D eigenvalue weighted by Gasteiger charge is 2.18. The Kier molecular flexibility index (Phi) is 5.82. The van der Waals surface area contributed by atoms with Crippen molar-refractivity contribution in [1.82, 2.24) is 20.0 Å². The van der Waals surface area contributed by atoms with Crippen LogP contribution in [0.15, 0.2) is 0 Å². The van der Waals surface area contributed by atoms with E-state index >= 15 is 0 Å². The molecule has 0 saturated carbocycles. The van der Waals surface area contributed by atoms with E-state index in [-0.39, 0.29) is 0 Å². The molecule has 2 atom stereocenters. The van der Waals surface area contributed by atoms with Gasteiger partial charge in [-0.05, 0) is 66.1 Å². The molecule has 21 heavy (non-hydrogen) atoms. The third-order valence-electron chi connectivity index (χ3n) is 4.71. The van der Waals surface area contributed by atoms with Crippen LogP contribution in [0.2, 0.25) is 0 Å². The van der Waals surface area contributed by atoms with Gasteiger partial charge in [0.1, 0.15) is 0 Å². The fourth-order valence-corrected chi connectivity index (χ4v) is 3.60. The van der Waals surface area contributed by atoms with Gasteiger partial charge in [-0.25, -0.2) is 0 Å². The first-order valence-electron chi connectivity index (χ1n) is 8.52. The van der Waals surface area contributed by atoms with Crippen LogP contribution in [0.4, 0.5) is 0 Å². The zero-order chi connectivity index (χ0) is 15.4. The van der Waals surface area contributed by atoms with Gasteiger partial charge in [0, 0.05) is 30.4 Å². The Morgan fingerprint density at radius 1 is 1.19 bits per heavy atom. The molecule has 2 rings (SSSR count). The minimum absolute atomic E-state index is 0.381. The zero-order valence-electron chi connectivity index (χ0n) is 14.4. The summed E-state index contributed by atoms with van der Waals surface area (Å²) in [5, 5.41) is 8.34. The summed E-state index contributed by atoms with van der Waals surface area (Å²) in [6.45, 7) is 16.9. The Morgan fingerprint density at radius 2 is 1.86 bits per heavy atom. The van der Waals surface area contributed by atoms with Gasteiger partial charge in [0.15, 0.2) is 0 Å². The van der Waals surface area contributed by atoms with Gasteiger partial charge in [0.05, 0.1) is 5.69 Å². The standard InChI is InChI=1S/C17H32N4/c1-6-21-16(5)17(15(4)19-21)14(3)18-11-13(2)12-20-9-7-8-10-20/h13-14,18H,6-12H2,1-5H3. The van der Waals surface area contributed by atoms with E-state index in [4.69, 9.17) is 0 Å². The van der Waals surface area contributed by atoms with Crippen LogP contribution in [-0.2, 0) is 6.54 Å². The maximum atomic E-state index is 4.63. The lowest BCUT2D eigenvalue weighted by atomic mass is 10.1. The second-order valence-electron chi connectivity index (χ2n) is 6.64. The first kappa shape index (κ1) is 16.5. The van der Waals surface area contributed by atoms with Crippen molar-refractivity contribution in [1.29, 1.82) is 0 Å². The van der Waals surface area contributed by atoms with E-state index in [1.807, 2.05) is 0 Å². The van der Waals surface area contributed by atoms with Crippen LogP contribution in [0.25, 0.3) is 0 Å². The van der Waals surface area contributed by atoms with E-state index in [0.29, 0.717) is 12.0 Å². The second kappa shape index (κ2) is 7.41. The summed E-state index contributed by atoms with van der Waals surface area (Å²) in [5.41, 5.74) is 3.86. The van der Waals surface area contributed by atoms with Crippen molar-refractivity contribution in [2.75, 3.05) is 26.2 Å². The molecule has 0 amide bonds. The summed E-state index contributed by atoms with van der Waals surface area (Å²) in [4.78, 5) is 2.60. The third kappa shape index (κ3) is 4.07.